The Balaban J connectivity index is 3.57. The first-order valence-corrected chi connectivity index (χ1v) is 6.75. The van der Waals surface area contributed by atoms with E-state index in [1.807, 2.05) is 41.5 Å². The van der Waals surface area contributed by atoms with E-state index >= 15 is 0 Å². The van der Waals surface area contributed by atoms with Gasteiger partial charge in [-0.1, -0.05) is 0 Å². The lowest BCUT2D eigenvalue weighted by Gasteiger charge is -2.20. The zero-order valence-electron chi connectivity index (χ0n) is 13.1. The molecule has 0 aliphatic heterocycles. The van der Waals surface area contributed by atoms with E-state index in [0.29, 0.717) is 13.2 Å². The minimum Gasteiger partial charge on any atom is -0.465 e. The third-order valence-electron chi connectivity index (χ3n) is 2.19. The van der Waals surface area contributed by atoms with Gasteiger partial charge in [0.05, 0.1) is 12.0 Å². The van der Waals surface area contributed by atoms with Crippen LogP contribution in [0.15, 0.2) is 0 Å². The summed E-state index contributed by atoms with van der Waals surface area (Å²) in [4.78, 5) is 22.9. The van der Waals surface area contributed by atoms with Gasteiger partial charge in [0.2, 0.25) is 0 Å². The average Bonchev–Trinajstić information content (AvgIpc) is 2.18. The Morgan fingerprint density at radius 2 is 1.58 bits per heavy atom. The largest absolute Gasteiger partial charge is 0.465 e. The fourth-order valence-corrected chi connectivity index (χ4v) is 1.20. The number of carbonyl (C=O) groups is 2. The highest BCUT2D eigenvalue weighted by atomic mass is 16.5. The predicted molar refractivity (Wildman–Crippen MR) is 75.9 cm³/mol. The van der Waals surface area contributed by atoms with Crippen LogP contribution >= 0.6 is 0 Å². The van der Waals surface area contributed by atoms with Crippen LogP contribution in [0.4, 0.5) is 4.79 Å². The second-order valence-corrected chi connectivity index (χ2v) is 6.72. The van der Waals surface area contributed by atoms with Gasteiger partial charge in [-0.25, -0.2) is 4.79 Å². The Morgan fingerprint density at radius 1 is 1.00 bits per heavy atom. The van der Waals surface area contributed by atoms with Crippen molar-refractivity contribution >= 4 is 12.0 Å². The van der Waals surface area contributed by atoms with Crippen molar-refractivity contribution in [2.45, 2.75) is 59.9 Å². The van der Waals surface area contributed by atoms with Crippen LogP contribution in [0.3, 0.4) is 0 Å². The number of amides is 2. The third kappa shape index (κ3) is 10.4. The van der Waals surface area contributed by atoms with Crippen LogP contribution < -0.4 is 10.6 Å². The van der Waals surface area contributed by atoms with E-state index in [9.17, 15) is 9.59 Å². The topological polar surface area (TPSA) is 67.4 Å². The highest BCUT2D eigenvalue weighted by Gasteiger charge is 2.22. The van der Waals surface area contributed by atoms with E-state index in [-0.39, 0.29) is 17.5 Å². The van der Waals surface area contributed by atoms with Crippen LogP contribution in [0.1, 0.15) is 54.4 Å². The van der Waals surface area contributed by atoms with Crippen LogP contribution in [0, 0.1) is 5.41 Å². The highest BCUT2D eigenvalue weighted by Crippen LogP contribution is 2.15. The predicted octanol–water partition coefficient (Wildman–Crippen LogP) is 2.45. The van der Waals surface area contributed by atoms with Gasteiger partial charge in [-0.3, -0.25) is 4.79 Å². The van der Waals surface area contributed by atoms with Crippen molar-refractivity contribution in [2.24, 2.45) is 5.41 Å². The molecule has 0 aromatic carbocycles. The molecule has 0 aliphatic rings. The van der Waals surface area contributed by atoms with Gasteiger partial charge in [-0.2, -0.15) is 0 Å². The summed E-state index contributed by atoms with van der Waals surface area (Å²) in [5, 5.41) is 5.58. The Labute approximate surface area is 116 Å². The molecular formula is C14H28N2O3. The standard InChI is InChI=1S/C14H28N2O3/c1-13(2,3)11(17)19-10-8-7-9-15-12(18)16-14(4,5)6/h7-10H2,1-6H3,(H2,15,16,18). The van der Waals surface area contributed by atoms with Crippen molar-refractivity contribution in [3.05, 3.63) is 0 Å². The Bertz CT molecular complexity index is 301. The van der Waals surface area contributed by atoms with E-state index in [4.69, 9.17) is 4.74 Å². The molecule has 0 unspecified atom stereocenters. The molecular weight excluding hydrogens is 244 g/mol. The van der Waals surface area contributed by atoms with E-state index in [1.165, 1.54) is 0 Å². The molecule has 5 heteroatoms. The smallest absolute Gasteiger partial charge is 0.315 e. The maximum Gasteiger partial charge on any atom is 0.315 e. The monoisotopic (exact) mass is 272 g/mol. The number of ether oxygens (including phenoxy) is 1. The van der Waals surface area contributed by atoms with E-state index in [1.54, 1.807) is 0 Å². The molecule has 0 saturated heterocycles. The molecule has 112 valence electrons. The van der Waals surface area contributed by atoms with Gasteiger partial charge in [-0.05, 0) is 54.4 Å². The summed E-state index contributed by atoms with van der Waals surface area (Å²) in [6.07, 6.45) is 1.53. The molecule has 0 saturated carbocycles. The zero-order chi connectivity index (χ0) is 15.1. The lowest BCUT2D eigenvalue weighted by Crippen LogP contribution is -2.46. The first kappa shape index (κ1) is 17.7. The van der Waals surface area contributed by atoms with Gasteiger partial charge in [0.15, 0.2) is 0 Å². The lowest BCUT2D eigenvalue weighted by atomic mass is 9.97. The Hall–Kier alpha value is -1.26. The highest BCUT2D eigenvalue weighted by molar-refractivity contribution is 5.75. The average molecular weight is 272 g/mol. The molecule has 0 bridgehead atoms. The zero-order valence-corrected chi connectivity index (χ0v) is 13.1. The number of esters is 1. The van der Waals surface area contributed by atoms with Crippen LogP contribution in [0.2, 0.25) is 0 Å². The Morgan fingerprint density at radius 3 is 2.05 bits per heavy atom. The number of rotatable bonds is 5. The van der Waals surface area contributed by atoms with Crippen LogP contribution in [0.25, 0.3) is 0 Å². The number of urea groups is 1. The molecule has 2 N–H and O–H groups in total. The van der Waals surface area contributed by atoms with Crippen molar-refractivity contribution in [1.82, 2.24) is 10.6 Å². The fourth-order valence-electron chi connectivity index (χ4n) is 1.20. The summed E-state index contributed by atoms with van der Waals surface area (Å²) in [6, 6.07) is -0.167. The SMILES string of the molecule is CC(C)(C)NC(=O)NCCCCOC(=O)C(C)(C)C. The summed E-state index contributed by atoms with van der Waals surface area (Å²) in [6.45, 7) is 12.2. The number of nitrogens with one attached hydrogen (secondary N) is 2. The van der Waals surface area contributed by atoms with Gasteiger partial charge >= 0.3 is 12.0 Å². The molecule has 0 aliphatic carbocycles. The van der Waals surface area contributed by atoms with Gasteiger partial charge in [0.25, 0.3) is 0 Å². The fraction of sp³-hybridized carbons (Fsp3) is 0.857. The van der Waals surface area contributed by atoms with E-state index in [2.05, 4.69) is 10.6 Å². The third-order valence-corrected chi connectivity index (χ3v) is 2.19. The first-order chi connectivity index (χ1) is 8.52. The molecule has 0 aromatic rings. The van der Waals surface area contributed by atoms with Crippen molar-refractivity contribution < 1.29 is 14.3 Å². The van der Waals surface area contributed by atoms with Crippen LogP contribution in [0.5, 0.6) is 0 Å². The second kappa shape index (κ2) is 7.36. The van der Waals surface area contributed by atoms with Crippen molar-refractivity contribution in [3.8, 4) is 0 Å². The summed E-state index contributed by atoms with van der Waals surface area (Å²) in [5.74, 6) is -0.189. The van der Waals surface area contributed by atoms with E-state index in [0.717, 1.165) is 12.8 Å². The molecule has 0 spiro atoms. The molecule has 0 radical (unpaired) electrons. The van der Waals surface area contributed by atoms with Crippen LogP contribution in [-0.2, 0) is 9.53 Å². The molecule has 0 fully saturated rings. The molecule has 2 amide bonds. The van der Waals surface area contributed by atoms with Crippen molar-refractivity contribution in [2.75, 3.05) is 13.2 Å². The lowest BCUT2D eigenvalue weighted by molar-refractivity contribution is -0.153. The normalized spacial score (nSPS) is 11.9. The summed E-state index contributed by atoms with van der Waals surface area (Å²) >= 11 is 0. The molecule has 0 atom stereocenters. The van der Waals surface area contributed by atoms with Gasteiger partial charge in [-0.15, -0.1) is 0 Å². The van der Waals surface area contributed by atoms with Gasteiger partial charge in [0.1, 0.15) is 0 Å². The second-order valence-electron chi connectivity index (χ2n) is 6.72. The summed E-state index contributed by atoms with van der Waals surface area (Å²) in [5.41, 5.74) is -0.683. The Kier molecular flexibility index (Phi) is 6.87. The summed E-state index contributed by atoms with van der Waals surface area (Å²) < 4.78 is 5.13. The van der Waals surface area contributed by atoms with Gasteiger partial charge < -0.3 is 15.4 Å². The van der Waals surface area contributed by atoms with E-state index < -0.39 is 5.41 Å². The van der Waals surface area contributed by atoms with Crippen LogP contribution in [-0.4, -0.2) is 30.7 Å². The molecule has 0 rings (SSSR count). The number of hydrogen-bond acceptors (Lipinski definition) is 3. The minimum absolute atomic E-state index is 0.167. The molecule has 5 nitrogen and oxygen atoms in total. The number of carbonyl (C=O) groups excluding carboxylic acids is 2. The minimum atomic E-state index is -0.454. The number of unbranched alkanes of at least 4 members (excludes halogenated alkanes) is 1. The first-order valence-electron chi connectivity index (χ1n) is 6.75. The maximum atomic E-state index is 11.5. The summed E-state index contributed by atoms with van der Waals surface area (Å²) in [7, 11) is 0. The molecule has 0 heterocycles. The van der Waals surface area contributed by atoms with Crippen molar-refractivity contribution in [1.29, 1.82) is 0 Å². The quantitative estimate of drug-likeness (QED) is 0.596. The molecule has 19 heavy (non-hydrogen) atoms. The maximum absolute atomic E-state index is 11.5. The van der Waals surface area contributed by atoms with Crippen molar-refractivity contribution in [3.63, 3.8) is 0 Å². The van der Waals surface area contributed by atoms with Gasteiger partial charge in [0, 0.05) is 12.1 Å². The number of hydrogen-bond donors (Lipinski definition) is 2. The molecule has 0 aromatic heterocycles.